The van der Waals surface area contributed by atoms with Gasteiger partial charge in [0.25, 0.3) is 0 Å². The third-order valence-corrected chi connectivity index (χ3v) is 9.03. The SMILES string of the molecule is COc1ccc(OP2Oc3cc(C)cc4c3C3(CC4(C)C)CC(C)(C)c4cc(C)cc(c43)O2)cc1. The zero-order valence-corrected chi connectivity index (χ0v) is 22.5. The van der Waals surface area contributed by atoms with Gasteiger partial charge in [-0.15, -0.1) is 0 Å². The van der Waals surface area contributed by atoms with E-state index in [1.54, 1.807) is 7.11 Å². The van der Waals surface area contributed by atoms with Crippen molar-refractivity contribution in [3.8, 4) is 23.0 Å². The van der Waals surface area contributed by atoms with Gasteiger partial charge in [-0.3, -0.25) is 0 Å². The molecule has 182 valence electrons. The highest BCUT2D eigenvalue weighted by molar-refractivity contribution is 7.43. The van der Waals surface area contributed by atoms with Gasteiger partial charge < -0.3 is 18.3 Å². The van der Waals surface area contributed by atoms with Crippen LogP contribution < -0.4 is 18.3 Å². The summed E-state index contributed by atoms with van der Waals surface area (Å²) in [7, 11) is -0.0572. The normalized spacial score (nSPS) is 20.1. The standard InChI is InChI=1S/C30H33O4P/c1-18-12-22-26-24(14-18)33-35(32-21-10-8-20(31-7)9-11-21)34-25-15-19(2)13-23-27(25)30(26,16-28(22,3)4)17-29(23,5)6/h8-15H,16-17H2,1-7H3. The Morgan fingerprint density at radius 2 is 1.17 bits per heavy atom. The van der Waals surface area contributed by atoms with Gasteiger partial charge in [0.05, 0.1) is 7.11 Å². The molecule has 3 aromatic rings. The van der Waals surface area contributed by atoms with Gasteiger partial charge in [0.15, 0.2) is 0 Å². The molecule has 35 heavy (non-hydrogen) atoms. The molecule has 4 nitrogen and oxygen atoms in total. The van der Waals surface area contributed by atoms with Gasteiger partial charge in [-0.05, 0) is 96.2 Å². The van der Waals surface area contributed by atoms with Crippen LogP contribution in [0.25, 0.3) is 0 Å². The molecule has 6 rings (SSSR count). The number of benzene rings is 3. The van der Waals surface area contributed by atoms with E-state index in [1.165, 1.54) is 33.4 Å². The molecule has 1 spiro atoms. The summed E-state index contributed by atoms with van der Waals surface area (Å²) < 4.78 is 25.0. The Balaban J connectivity index is 1.58. The lowest BCUT2D eigenvalue weighted by Gasteiger charge is -2.34. The van der Waals surface area contributed by atoms with E-state index in [0.29, 0.717) is 5.75 Å². The van der Waals surface area contributed by atoms with Crippen LogP contribution in [0.1, 0.15) is 73.9 Å². The zero-order valence-electron chi connectivity index (χ0n) is 21.6. The molecule has 0 fully saturated rings. The van der Waals surface area contributed by atoms with Crippen molar-refractivity contribution in [1.29, 1.82) is 0 Å². The maximum absolute atomic E-state index is 6.67. The van der Waals surface area contributed by atoms with Crippen LogP contribution >= 0.6 is 8.60 Å². The van der Waals surface area contributed by atoms with E-state index in [2.05, 4.69) is 65.8 Å². The van der Waals surface area contributed by atoms with Crippen LogP contribution in [0.5, 0.6) is 23.0 Å². The summed E-state index contributed by atoms with van der Waals surface area (Å²) in [6.07, 6.45) is 2.09. The van der Waals surface area contributed by atoms with Crippen molar-refractivity contribution in [2.45, 2.75) is 70.6 Å². The summed E-state index contributed by atoms with van der Waals surface area (Å²) in [5, 5.41) is 0. The van der Waals surface area contributed by atoms with E-state index < -0.39 is 8.60 Å². The molecule has 0 saturated heterocycles. The first-order chi connectivity index (χ1) is 16.5. The molecule has 0 saturated carbocycles. The molecule has 0 N–H and O–H groups in total. The summed E-state index contributed by atoms with van der Waals surface area (Å²) in [6.45, 7) is 13.8. The molecule has 1 aliphatic heterocycles. The Hall–Kier alpha value is -2.71. The number of methoxy groups -OCH3 is 1. The van der Waals surface area contributed by atoms with Crippen LogP contribution in [0, 0.1) is 13.8 Å². The van der Waals surface area contributed by atoms with Crippen molar-refractivity contribution < 1.29 is 18.3 Å². The second kappa shape index (κ2) is 7.40. The first kappa shape index (κ1) is 22.7. The smallest absolute Gasteiger partial charge is 0.497 e. The van der Waals surface area contributed by atoms with E-state index in [0.717, 1.165) is 30.1 Å². The summed E-state index contributed by atoms with van der Waals surface area (Å²) in [5.41, 5.74) is 7.78. The van der Waals surface area contributed by atoms with E-state index in [1.807, 2.05) is 24.3 Å². The topological polar surface area (TPSA) is 36.9 Å². The van der Waals surface area contributed by atoms with Crippen LogP contribution in [0.2, 0.25) is 0 Å². The Kier molecular flexibility index (Phi) is 4.81. The van der Waals surface area contributed by atoms with Crippen molar-refractivity contribution in [1.82, 2.24) is 0 Å². The Morgan fingerprint density at radius 3 is 1.63 bits per heavy atom. The third kappa shape index (κ3) is 3.37. The molecule has 0 atom stereocenters. The molecular weight excluding hydrogens is 455 g/mol. The Bertz CT molecular complexity index is 1260. The average molecular weight is 489 g/mol. The first-order valence-electron chi connectivity index (χ1n) is 12.3. The van der Waals surface area contributed by atoms with E-state index >= 15 is 0 Å². The number of hydrogen-bond acceptors (Lipinski definition) is 4. The molecule has 0 radical (unpaired) electrons. The largest absolute Gasteiger partial charge is 0.530 e. The molecule has 0 aromatic heterocycles. The van der Waals surface area contributed by atoms with Gasteiger partial charge >= 0.3 is 8.60 Å². The average Bonchev–Trinajstić information content (AvgIpc) is 3.12. The maximum Gasteiger partial charge on any atom is 0.530 e. The number of ether oxygens (including phenoxy) is 1. The Morgan fingerprint density at radius 1 is 0.714 bits per heavy atom. The summed E-state index contributed by atoms with van der Waals surface area (Å²) in [4.78, 5) is 0. The van der Waals surface area contributed by atoms with Gasteiger partial charge in [-0.25, -0.2) is 0 Å². The van der Waals surface area contributed by atoms with Gasteiger partial charge in [-0.2, -0.15) is 0 Å². The van der Waals surface area contributed by atoms with Gasteiger partial charge in [0, 0.05) is 16.5 Å². The molecule has 0 bridgehead atoms. The molecule has 0 amide bonds. The van der Waals surface area contributed by atoms with Crippen molar-refractivity contribution in [2.75, 3.05) is 7.11 Å². The fourth-order valence-corrected chi connectivity index (χ4v) is 7.90. The highest BCUT2D eigenvalue weighted by atomic mass is 31.2. The lowest BCUT2D eigenvalue weighted by atomic mass is 9.72. The van der Waals surface area contributed by atoms with E-state index in [9.17, 15) is 0 Å². The monoisotopic (exact) mass is 488 g/mol. The molecule has 3 aliphatic rings. The highest BCUT2D eigenvalue weighted by Gasteiger charge is 2.60. The minimum absolute atomic E-state index is 0.0310. The molecule has 1 heterocycles. The summed E-state index contributed by atoms with van der Waals surface area (Å²) >= 11 is 0. The van der Waals surface area contributed by atoms with Crippen LogP contribution in [0.15, 0.2) is 48.5 Å². The lowest BCUT2D eigenvalue weighted by molar-refractivity contribution is 0.327. The van der Waals surface area contributed by atoms with Crippen LogP contribution in [0.4, 0.5) is 0 Å². The quantitative estimate of drug-likeness (QED) is 0.350. The van der Waals surface area contributed by atoms with E-state index in [4.69, 9.17) is 18.3 Å². The van der Waals surface area contributed by atoms with Crippen LogP contribution in [-0.4, -0.2) is 7.11 Å². The number of rotatable bonds is 3. The maximum atomic E-state index is 6.67. The van der Waals surface area contributed by atoms with Crippen molar-refractivity contribution >= 4 is 8.60 Å². The fraction of sp³-hybridized carbons (Fsp3) is 0.400. The van der Waals surface area contributed by atoms with Gasteiger partial charge in [-0.1, -0.05) is 39.8 Å². The van der Waals surface area contributed by atoms with Crippen LogP contribution in [-0.2, 0) is 16.2 Å². The molecule has 0 unspecified atom stereocenters. The minimum atomic E-state index is -1.72. The molecule has 3 aromatic carbocycles. The zero-order chi connectivity index (χ0) is 24.8. The van der Waals surface area contributed by atoms with Crippen LogP contribution in [0.3, 0.4) is 0 Å². The predicted molar refractivity (Wildman–Crippen MR) is 140 cm³/mol. The number of aryl methyl sites for hydroxylation is 2. The first-order valence-corrected chi connectivity index (χ1v) is 13.4. The second-order valence-electron chi connectivity index (χ2n) is 11.7. The number of hydrogen-bond donors (Lipinski definition) is 0. The molecular formula is C30H33O4P. The van der Waals surface area contributed by atoms with E-state index in [-0.39, 0.29) is 16.2 Å². The van der Waals surface area contributed by atoms with Crippen molar-refractivity contribution in [3.05, 3.63) is 81.9 Å². The highest BCUT2D eigenvalue weighted by Crippen LogP contribution is 2.68. The Labute approximate surface area is 209 Å². The third-order valence-electron chi connectivity index (χ3n) is 7.98. The fourth-order valence-electron chi connectivity index (χ4n) is 6.88. The summed E-state index contributed by atoms with van der Waals surface area (Å²) in [6, 6.07) is 16.6. The summed E-state index contributed by atoms with van der Waals surface area (Å²) in [5.74, 6) is 3.28. The van der Waals surface area contributed by atoms with Gasteiger partial charge in [0.2, 0.25) is 0 Å². The van der Waals surface area contributed by atoms with Crippen molar-refractivity contribution in [2.24, 2.45) is 0 Å². The predicted octanol–water partition coefficient (Wildman–Crippen LogP) is 8.04. The van der Waals surface area contributed by atoms with Crippen molar-refractivity contribution in [3.63, 3.8) is 0 Å². The van der Waals surface area contributed by atoms with Gasteiger partial charge in [0.1, 0.15) is 23.0 Å². The minimum Gasteiger partial charge on any atom is -0.497 e. The lowest BCUT2D eigenvalue weighted by Crippen LogP contribution is -2.28. The molecule has 2 aliphatic carbocycles. The molecule has 5 heteroatoms. The second-order valence-corrected chi connectivity index (χ2v) is 12.7.